The van der Waals surface area contributed by atoms with Crippen molar-refractivity contribution in [3.05, 3.63) is 74.3 Å². The van der Waals surface area contributed by atoms with E-state index in [0.717, 1.165) is 53.8 Å². The van der Waals surface area contributed by atoms with Crippen LogP contribution < -0.4 is 0 Å². The van der Waals surface area contributed by atoms with Gasteiger partial charge in [-0.25, -0.2) is 4.39 Å². The zero-order valence-corrected chi connectivity index (χ0v) is 20.7. The second-order valence-corrected chi connectivity index (χ2v) is 9.90. The molecule has 2 aromatic rings. The number of carbonyl (C=O) groups is 1. The Kier molecular flexibility index (Phi) is 6.63. The first kappa shape index (κ1) is 22.9. The van der Waals surface area contributed by atoms with E-state index in [0.29, 0.717) is 17.0 Å². The van der Waals surface area contributed by atoms with Gasteiger partial charge in [0.15, 0.2) is 0 Å². The van der Waals surface area contributed by atoms with Crippen molar-refractivity contribution in [3.63, 3.8) is 0 Å². The molecule has 6 heteroatoms. The summed E-state index contributed by atoms with van der Waals surface area (Å²) in [6.45, 7) is 6.73. The largest absolute Gasteiger partial charge is 0.345 e. The SMILES string of the molecule is Cc1cc(C(=O)N(C)C)cc(F)c1C1=CCN(CC2=Cc3c(Br)ccnc3CC2C)CC1. The molecule has 0 N–H and O–H groups in total. The summed E-state index contributed by atoms with van der Waals surface area (Å²) in [5.41, 5.74) is 6.64. The molecule has 1 amide bonds. The molecule has 1 aromatic heterocycles. The fraction of sp³-hybridized carbons (Fsp3) is 0.385. The molecule has 0 radical (unpaired) electrons. The quantitative estimate of drug-likeness (QED) is 0.570. The van der Waals surface area contributed by atoms with Gasteiger partial charge in [-0.2, -0.15) is 0 Å². The lowest BCUT2D eigenvalue weighted by Crippen LogP contribution is -2.32. The minimum Gasteiger partial charge on any atom is -0.345 e. The van der Waals surface area contributed by atoms with Crippen LogP contribution in [0.4, 0.5) is 4.39 Å². The summed E-state index contributed by atoms with van der Waals surface area (Å²) in [5, 5.41) is 0. The molecular formula is C26H29BrFN3O. The highest BCUT2D eigenvalue weighted by Gasteiger charge is 2.24. The Labute approximate surface area is 198 Å². The van der Waals surface area contributed by atoms with Crippen LogP contribution in [0.15, 0.2) is 40.5 Å². The zero-order valence-electron chi connectivity index (χ0n) is 19.1. The monoisotopic (exact) mass is 497 g/mol. The van der Waals surface area contributed by atoms with Crippen molar-refractivity contribution in [2.45, 2.75) is 26.7 Å². The Hall–Kier alpha value is -2.31. The molecule has 1 aliphatic carbocycles. The van der Waals surface area contributed by atoms with E-state index in [9.17, 15) is 9.18 Å². The van der Waals surface area contributed by atoms with Gasteiger partial charge in [0.05, 0.1) is 0 Å². The highest BCUT2D eigenvalue weighted by atomic mass is 79.9. The molecule has 4 nitrogen and oxygen atoms in total. The fourth-order valence-corrected chi connectivity index (χ4v) is 5.09. The lowest BCUT2D eigenvalue weighted by Gasteiger charge is -2.31. The van der Waals surface area contributed by atoms with Crippen molar-refractivity contribution >= 4 is 33.5 Å². The summed E-state index contributed by atoms with van der Waals surface area (Å²) in [5.74, 6) is -0.0377. The summed E-state index contributed by atoms with van der Waals surface area (Å²) in [7, 11) is 3.36. The number of halogens is 2. The minimum atomic E-state index is -0.313. The summed E-state index contributed by atoms with van der Waals surface area (Å²) in [6.07, 6.45) is 8.03. The molecular weight excluding hydrogens is 469 g/mol. The topological polar surface area (TPSA) is 36.4 Å². The van der Waals surface area contributed by atoms with Crippen LogP contribution in [0.5, 0.6) is 0 Å². The fourth-order valence-electron chi connectivity index (χ4n) is 4.63. The van der Waals surface area contributed by atoms with Crippen LogP contribution in [0.1, 0.15) is 46.1 Å². The van der Waals surface area contributed by atoms with Gasteiger partial charge in [-0.15, -0.1) is 0 Å². The van der Waals surface area contributed by atoms with Crippen LogP contribution in [0.2, 0.25) is 0 Å². The highest BCUT2D eigenvalue weighted by Crippen LogP contribution is 2.33. The van der Waals surface area contributed by atoms with Crippen LogP contribution in [-0.4, -0.2) is 54.4 Å². The van der Waals surface area contributed by atoms with E-state index < -0.39 is 0 Å². The maximum absolute atomic E-state index is 15.0. The Bertz CT molecular complexity index is 1100. The summed E-state index contributed by atoms with van der Waals surface area (Å²) < 4.78 is 16.1. The molecule has 0 bridgehead atoms. The van der Waals surface area contributed by atoms with Gasteiger partial charge in [-0.1, -0.05) is 40.6 Å². The third-order valence-corrected chi connectivity index (χ3v) is 7.13. The van der Waals surface area contributed by atoms with Crippen LogP contribution in [0, 0.1) is 18.7 Å². The number of hydrogen-bond donors (Lipinski definition) is 0. The minimum absolute atomic E-state index is 0.180. The van der Waals surface area contributed by atoms with Crippen LogP contribution in [0.25, 0.3) is 11.6 Å². The molecule has 2 aliphatic rings. The lowest BCUT2D eigenvalue weighted by atomic mass is 9.86. The maximum atomic E-state index is 15.0. The number of amides is 1. The predicted octanol–water partition coefficient (Wildman–Crippen LogP) is 5.36. The molecule has 168 valence electrons. The van der Waals surface area contributed by atoms with Gasteiger partial charge in [0.2, 0.25) is 0 Å². The van der Waals surface area contributed by atoms with E-state index in [1.807, 2.05) is 19.2 Å². The summed E-state index contributed by atoms with van der Waals surface area (Å²) >= 11 is 3.66. The average Bonchev–Trinajstić information content (AvgIpc) is 2.75. The van der Waals surface area contributed by atoms with E-state index in [4.69, 9.17) is 0 Å². The first-order valence-corrected chi connectivity index (χ1v) is 11.8. The molecule has 0 fully saturated rings. The van der Waals surface area contributed by atoms with Gasteiger partial charge >= 0.3 is 0 Å². The molecule has 32 heavy (non-hydrogen) atoms. The number of fused-ring (bicyclic) bond motifs is 1. The van der Waals surface area contributed by atoms with Crippen LogP contribution >= 0.6 is 15.9 Å². The van der Waals surface area contributed by atoms with Crippen molar-refractivity contribution in [1.29, 1.82) is 0 Å². The van der Waals surface area contributed by atoms with Gasteiger partial charge < -0.3 is 4.90 Å². The molecule has 0 saturated heterocycles. The van der Waals surface area contributed by atoms with E-state index >= 15 is 0 Å². The molecule has 4 rings (SSSR count). The third-order valence-electron chi connectivity index (χ3n) is 6.44. The molecule has 0 saturated carbocycles. The Morgan fingerprint density at radius 1 is 1.34 bits per heavy atom. The summed E-state index contributed by atoms with van der Waals surface area (Å²) in [6, 6.07) is 5.16. The van der Waals surface area contributed by atoms with Crippen molar-refractivity contribution in [2.75, 3.05) is 33.7 Å². The standard InChI is InChI=1S/C26H29BrFN3O/c1-16-12-24-21(22(27)5-8-29-24)13-20(16)15-31-9-6-18(7-10-31)25-17(2)11-19(14-23(25)28)26(32)30(3)4/h5-6,8,11,13-14,16H,7,9-10,12,15H2,1-4H3. The van der Waals surface area contributed by atoms with E-state index in [-0.39, 0.29) is 11.7 Å². The molecule has 0 spiro atoms. The lowest BCUT2D eigenvalue weighted by molar-refractivity contribution is 0.0827. The third kappa shape index (κ3) is 4.57. The number of nitrogens with zero attached hydrogens (tertiary/aromatic N) is 3. The van der Waals surface area contributed by atoms with Crippen molar-refractivity contribution in [3.8, 4) is 0 Å². The van der Waals surface area contributed by atoms with E-state index in [1.165, 1.54) is 22.1 Å². The van der Waals surface area contributed by atoms with Crippen molar-refractivity contribution < 1.29 is 9.18 Å². The number of pyridine rings is 1. The van der Waals surface area contributed by atoms with Gasteiger partial charge in [-0.3, -0.25) is 14.7 Å². The van der Waals surface area contributed by atoms with Gasteiger partial charge in [0.25, 0.3) is 5.91 Å². The Morgan fingerprint density at radius 2 is 2.12 bits per heavy atom. The smallest absolute Gasteiger partial charge is 0.253 e. The number of aromatic nitrogens is 1. The second-order valence-electron chi connectivity index (χ2n) is 9.04. The predicted molar refractivity (Wildman–Crippen MR) is 131 cm³/mol. The van der Waals surface area contributed by atoms with Crippen molar-refractivity contribution in [2.24, 2.45) is 5.92 Å². The highest BCUT2D eigenvalue weighted by molar-refractivity contribution is 9.10. The molecule has 1 atom stereocenters. The van der Waals surface area contributed by atoms with Gasteiger partial charge in [0, 0.05) is 66.8 Å². The summed E-state index contributed by atoms with van der Waals surface area (Å²) in [4.78, 5) is 20.6. The first-order valence-electron chi connectivity index (χ1n) is 11.0. The normalized spacial score (nSPS) is 18.6. The second kappa shape index (κ2) is 9.28. The van der Waals surface area contributed by atoms with E-state index in [2.05, 4.69) is 44.9 Å². The van der Waals surface area contributed by atoms with Gasteiger partial charge in [-0.05, 0) is 55.0 Å². The first-order chi connectivity index (χ1) is 15.2. The molecule has 1 unspecified atom stereocenters. The molecule has 2 heterocycles. The maximum Gasteiger partial charge on any atom is 0.253 e. The van der Waals surface area contributed by atoms with Crippen LogP contribution in [0.3, 0.4) is 0 Å². The van der Waals surface area contributed by atoms with E-state index in [1.54, 1.807) is 20.2 Å². The number of hydrogen-bond acceptors (Lipinski definition) is 3. The Morgan fingerprint density at radius 3 is 2.78 bits per heavy atom. The van der Waals surface area contributed by atoms with Crippen LogP contribution in [-0.2, 0) is 6.42 Å². The number of aryl methyl sites for hydroxylation is 1. The van der Waals surface area contributed by atoms with Crippen molar-refractivity contribution in [1.82, 2.24) is 14.8 Å². The number of carbonyl (C=O) groups excluding carboxylic acids is 1. The number of benzene rings is 1. The molecule has 1 aromatic carbocycles. The average molecular weight is 498 g/mol. The Balaban J connectivity index is 1.50. The zero-order chi connectivity index (χ0) is 23.0. The molecule has 1 aliphatic heterocycles. The van der Waals surface area contributed by atoms with Gasteiger partial charge in [0.1, 0.15) is 5.82 Å². The number of rotatable bonds is 4.